The molecule has 0 bridgehead atoms. The Morgan fingerprint density at radius 3 is 1.45 bits per heavy atom. The Hall–Kier alpha value is -2.90. The topological polar surface area (TPSA) is 0 Å². The first-order valence-electron chi connectivity index (χ1n) is 16.0. The Morgan fingerprint density at radius 2 is 1.00 bits per heavy atom. The number of rotatable bonds is 4. The van der Waals surface area contributed by atoms with E-state index in [2.05, 4.69) is 134 Å². The van der Waals surface area contributed by atoms with Gasteiger partial charge in [-0.25, -0.2) is 0 Å². The van der Waals surface area contributed by atoms with Gasteiger partial charge < -0.3 is 0 Å². The Bertz CT molecular complexity index is 1760. The van der Waals surface area contributed by atoms with E-state index >= 15 is 0 Å². The first kappa shape index (κ1) is 27.9. The van der Waals surface area contributed by atoms with Crippen molar-refractivity contribution in [2.45, 2.75) is 70.1 Å². The molecule has 2 unspecified atom stereocenters. The molecule has 1 heteroatoms. The molecule has 212 valence electrons. The summed E-state index contributed by atoms with van der Waals surface area (Å²) in [5, 5.41) is 0. The molecule has 0 amide bonds. The molecule has 3 aliphatic carbocycles. The minimum atomic E-state index is -3.92. The maximum absolute atomic E-state index is 3.92. The number of allylic oxidation sites excluding steroid dienone is 2. The van der Waals surface area contributed by atoms with E-state index < -0.39 is 18.0 Å². The van der Waals surface area contributed by atoms with Crippen molar-refractivity contribution in [3.05, 3.63) is 129 Å². The molecule has 0 saturated heterocycles. The van der Waals surface area contributed by atoms with Gasteiger partial charge in [-0.3, -0.25) is 0 Å². The van der Waals surface area contributed by atoms with Crippen molar-refractivity contribution in [2.24, 2.45) is 0 Å². The van der Waals surface area contributed by atoms with E-state index in [1.165, 1.54) is 81.3 Å². The Kier molecular flexibility index (Phi) is 6.70. The van der Waals surface area contributed by atoms with Crippen LogP contribution in [0, 0.1) is 27.7 Å². The van der Waals surface area contributed by atoms with Crippen molar-refractivity contribution >= 4 is 15.4 Å². The maximum atomic E-state index is 2.83. The van der Waals surface area contributed by atoms with E-state index in [0.29, 0.717) is 7.35 Å². The fourth-order valence-electron chi connectivity index (χ4n) is 8.97. The molecule has 0 heterocycles. The third-order valence-electron chi connectivity index (χ3n) is 11.5. The molecule has 0 spiro atoms. The van der Waals surface area contributed by atoms with E-state index in [0.717, 1.165) is 0 Å². The van der Waals surface area contributed by atoms with Crippen LogP contribution in [0.15, 0.2) is 84.9 Å². The zero-order chi connectivity index (χ0) is 29.2. The fourth-order valence-corrected chi connectivity index (χ4v) is 34.1. The number of fused-ring (bicyclic) bond motifs is 2. The van der Waals surface area contributed by atoms with Crippen LogP contribution in [0.4, 0.5) is 0 Å². The van der Waals surface area contributed by atoms with Crippen molar-refractivity contribution in [3.63, 3.8) is 0 Å². The van der Waals surface area contributed by atoms with E-state index in [1.54, 1.807) is 11.1 Å². The Morgan fingerprint density at radius 1 is 0.548 bits per heavy atom. The summed E-state index contributed by atoms with van der Waals surface area (Å²) in [6.45, 7) is 8.95. The van der Waals surface area contributed by atoms with Gasteiger partial charge in [-0.05, 0) is 0 Å². The second-order valence-electron chi connectivity index (χ2n) is 14.3. The average Bonchev–Trinajstić information content (AvgIpc) is 3.76. The van der Waals surface area contributed by atoms with Crippen LogP contribution in [0.3, 0.4) is 0 Å². The van der Waals surface area contributed by atoms with E-state index in [4.69, 9.17) is 0 Å². The number of hydrogen-bond donors (Lipinski definition) is 0. The van der Waals surface area contributed by atoms with E-state index in [1.807, 2.05) is 3.26 Å². The van der Waals surface area contributed by atoms with Crippen LogP contribution in [0.1, 0.15) is 77.5 Å². The second-order valence-corrected chi connectivity index (χ2v) is 40.1. The van der Waals surface area contributed by atoms with Crippen LogP contribution in [0.2, 0.25) is 9.36 Å². The molecule has 0 N–H and O–H groups in total. The quantitative estimate of drug-likeness (QED) is 0.185. The normalized spacial score (nSPS) is 19.5. The summed E-state index contributed by atoms with van der Waals surface area (Å²) in [4.78, 5) is 0. The molecule has 42 heavy (non-hydrogen) atoms. The van der Waals surface area contributed by atoms with Crippen molar-refractivity contribution in [1.29, 1.82) is 0 Å². The van der Waals surface area contributed by atoms with Gasteiger partial charge in [-0.15, -0.1) is 0 Å². The molecule has 3 aliphatic rings. The number of hydrogen-bond acceptors (Lipinski definition) is 0. The van der Waals surface area contributed by atoms with Crippen LogP contribution >= 0.6 is 0 Å². The molecule has 7 rings (SSSR count). The monoisotopic (exact) mass is 716 g/mol. The van der Waals surface area contributed by atoms with Gasteiger partial charge in [0, 0.05) is 0 Å². The first-order valence-corrected chi connectivity index (χ1v) is 29.1. The van der Waals surface area contributed by atoms with E-state index in [-0.39, 0.29) is 0 Å². The molecule has 1 fully saturated rings. The van der Waals surface area contributed by atoms with Gasteiger partial charge in [0.25, 0.3) is 0 Å². The van der Waals surface area contributed by atoms with Crippen LogP contribution < -0.4 is 0 Å². The molecule has 2 atom stereocenters. The van der Waals surface area contributed by atoms with Crippen molar-refractivity contribution in [3.8, 4) is 22.3 Å². The van der Waals surface area contributed by atoms with Crippen LogP contribution in [0.25, 0.3) is 34.4 Å². The zero-order valence-electron chi connectivity index (χ0n) is 26.2. The van der Waals surface area contributed by atoms with Crippen molar-refractivity contribution in [1.82, 2.24) is 0 Å². The van der Waals surface area contributed by atoms with Gasteiger partial charge in [0.2, 0.25) is 0 Å². The van der Waals surface area contributed by atoms with Gasteiger partial charge in [0.15, 0.2) is 0 Å². The van der Waals surface area contributed by atoms with Crippen LogP contribution in [-0.4, -0.2) is 3.26 Å². The van der Waals surface area contributed by atoms with E-state index in [9.17, 15) is 0 Å². The van der Waals surface area contributed by atoms with Crippen molar-refractivity contribution in [2.75, 3.05) is 0 Å². The van der Waals surface area contributed by atoms with Gasteiger partial charge in [0.05, 0.1) is 0 Å². The molecule has 4 aromatic rings. The summed E-state index contributed by atoms with van der Waals surface area (Å²) in [7, 11) is 0. The summed E-state index contributed by atoms with van der Waals surface area (Å²) < 4.78 is 8.69. The van der Waals surface area contributed by atoms with Gasteiger partial charge in [0.1, 0.15) is 0 Å². The third-order valence-corrected chi connectivity index (χ3v) is 38.6. The molecular formula is C41H44Hf. The molecule has 0 aliphatic heterocycles. The van der Waals surface area contributed by atoms with Crippen LogP contribution in [-0.2, 0) is 18.0 Å². The van der Waals surface area contributed by atoms with Gasteiger partial charge in [-0.2, -0.15) is 0 Å². The summed E-state index contributed by atoms with van der Waals surface area (Å²) >= 11 is -3.92. The summed E-state index contributed by atoms with van der Waals surface area (Å²) in [6.07, 6.45) is 15.7. The molecule has 4 aromatic carbocycles. The first-order chi connectivity index (χ1) is 20.2. The molecule has 0 radical (unpaired) electrons. The summed E-state index contributed by atoms with van der Waals surface area (Å²) in [5.74, 6) is 0. The van der Waals surface area contributed by atoms with Crippen molar-refractivity contribution < 1.29 is 18.0 Å². The summed E-state index contributed by atoms with van der Waals surface area (Å²) in [5.41, 5.74) is 17.1. The predicted octanol–water partition coefficient (Wildman–Crippen LogP) is 11.6. The van der Waals surface area contributed by atoms with Crippen LogP contribution in [0.5, 0.6) is 0 Å². The SMILES string of the molecule is Cc1ccc(C)c(-c2cccc3c2C=C[CH]3[Hf]([CH3])([CH3])(=[C]2CCCC2)[CH]2C=Cc3c(-c4cc(C)ccc4C)cccc32)c1. The molecule has 1 saturated carbocycles. The Labute approximate surface area is 253 Å². The van der Waals surface area contributed by atoms with Gasteiger partial charge in [-0.1, -0.05) is 0 Å². The number of aryl methyl sites for hydroxylation is 4. The number of benzene rings is 4. The Balaban J connectivity index is 1.43. The summed E-state index contributed by atoms with van der Waals surface area (Å²) in [6, 6.07) is 28.1. The standard InChI is InChI=1S/2C17H15.C5H8.2CH3.Hf/c2*1-12-9-10-13(2)17(11-12)16-8-4-6-14-5-3-7-15(14)16;1-2-4-5-3-1;;;/h2*3-11H,1-2H3;1-4H2;2*1H3;. The zero-order valence-corrected chi connectivity index (χ0v) is 29.8. The fraction of sp³-hybridized carbons (Fsp3) is 0.293. The minimum absolute atomic E-state index is 0.528. The third kappa shape index (κ3) is 4.14. The molecule has 0 nitrogen and oxygen atoms in total. The average molecular weight is 715 g/mol. The molecular weight excluding hydrogens is 671 g/mol. The second kappa shape index (κ2) is 10.1. The predicted molar refractivity (Wildman–Crippen MR) is 181 cm³/mol. The van der Waals surface area contributed by atoms with Gasteiger partial charge >= 0.3 is 255 Å². The molecule has 0 aromatic heterocycles.